The lowest BCUT2D eigenvalue weighted by Crippen LogP contribution is -2.32. The average Bonchev–Trinajstić information content (AvgIpc) is 3.21. The molecule has 2 aromatic carbocycles. The molecular weight excluding hydrogens is 426 g/mol. The number of ether oxygens (including phenoxy) is 2. The van der Waals surface area contributed by atoms with Crippen LogP contribution >= 0.6 is 27.7 Å². The summed E-state index contributed by atoms with van der Waals surface area (Å²) >= 11 is 5.21. The van der Waals surface area contributed by atoms with Crippen LogP contribution in [0.15, 0.2) is 51.8 Å². The van der Waals surface area contributed by atoms with Crippen molar-refractivity contribution in [1.29, 1.82) is 0 Å². The fourth-order valence-electron chi connectivity index (χ4n) is 3.49. The van der Waals surface area contributed by atoms with Crippen LogP contribution in [0.4, 0.5) is 0 Å². The second-order valence-corrected chi connectivity index (χ2v) is 8.77. The maximum Gasteiger partial charge on any atom is 0.252 e. The molecule has 2 aliphatic heterocycles. The largest absolute Gasteiger partial charge is 0.493 e. The van der Waals surface area contributed by atoms with E-state index < -0.39 is 0 Å². The summed E-state index contributed by atoms with van der Waals surface area (Å²) in [6.45, 7) is 1.46. The van der Waals surface area contributed by atoms with Crippen LogP contribution in [0, 0.1) is 0 Å². The van der Waals surface area contributed by atoms with E-state index in [1.807, 2.05) is 42.5 Å². The Kier molecular flexibility index (Phi) is 6.05. The summed E-state index contributed by atoms with van der Waals surface area (Å²) in [7, 11) is 0. The fraction of sp³-hybridized carbons (Fsp3) is 0.381. The van der Waals surface area contributed by atoms with Crippen LogP contribution in [0.5, 0.6) is 5.75 Å². The molecule has 6 heteroatoms. The van der Waals surface area contributed by atoms with Gasteiger partial charge >= 0.3 is 0 Å². The SMILES string of the molecule is O=C(NC1CCOc2ccc(Br)cc21)c1ccccc1SCC1CCCO1. The van der Waals surface area contributed by atoms with E-state index in [1.54, 1.807) is 11.8 Å². The van der Waals surface area contributed by atoms with Crippen LogP contribution < -0.4 is 10.1 Å². The van der Waals surface area contributed by atoms with E-state index >= 15 is 0 Å². The highest BCUT2D eigenvalue weighted by Crippen LogP contribution is 2.35. The molecule has 0 radical (unpaired) electrons. The van der Waals surface area contributed by atoms with Gasteiger partial charge in [-0.05, 0) is 43.2 Å². The normalized spacial score (nSPS) is 21.4. The zero-order chi connectivity index (χ0) is 18.6. The first-order valence-corrected chi connectivity index (χ1v) is 11.0. The standard InChI is InChI=1S/C21H22BrNO3S/c22-14-7-8-19-17(12-14)18(9-11-26-19)23-21(24)16-5-1-2-6-20(16)27-13-15-4-3-10-25-15/h1-2,5-8,12,15,18H,3-4,9-11,13H2,(H,23,24). The van der Waals surface area contributed by atoms with Crippen molar-refractivity contribution in [3.05, 3.63) is 58.1 Å². The average molecular weight is 448 g/mol. The van der Waals surface area contributed by atoms with Crippen LogP contribution in [0.1, 0.15) is 41.2 Å². The van der Waals surface area contributed by atoms with Gasteiger partial charge in [0.15, 0.2) is 0 Å². The highest BCUT2D eigenvalue weighted by Gasteiger charge is 2.25. The summed E-state index contributed by atoms with van der Waals surface area (Å²) < 4.78 is 12.4. The summed E-state index contributed by atoms with van der Waals surface area (Å²) in [4.78, 5) is 14.0. The molecule has 0 aliphatic carbocycles. The molecule has 2 aromatic rings. The zero-order valence-electron chi connectivity index (χ0n) is 14.9. The van der Waals surface area contributed by atoms with Gasteiger partial charge in [0.25, 0.3) is 5.91 Å². The second-order valence-electron chi connectivity index (χ2n) is 6.79. The Morgan fingerprint density at radius 3 is 2.93 bits per heavy atom. The Balaban J connectivity index is 1.48. The molecule has 4 rings (SSSR count). The zero-order valence-corrected chi connectivity index (χ0v) is 17.4. The van der Waals surface area contributed by atoms with E-state index in [9.17, 15) is 4.79 Å². The lowest BCUT2D eigenvalue weighted by atomic mass is 10.00. The fourth-order valence-corrected chi connectivity index (χ4v) is 4.99. The number of hydrogen-bond acceptors (Lipinski definition) is 4. The van der Waals surface area contributed by atoms with Crippen molar-refractivity contribution in [2.75, 3.05) is 19.0 Å². The van der Waals surface area contributed by atoms with Crippen LogP contribution in [-0.4, -0.2) is 31.0 Å². The summed E-state index contributed by atoms with van der Waals surface area (Å²) in [5.74, 6) is 1.69. The molecule has 2 atom stereocenters. The topological polar surface area (TPSA) is 47.6 Å². The number of benzene rings is 2. The Labute approximate surface area is 172 Å². The molecule has 0 aromatic heterocycles. The Morgan fingerprint density at radius 2 is 2.07 bits per heavy atom. The first-order chi connectivity index (χ1) is 13.2. The third-order valence-corrected chi connectivity index (χ3v) is 6.60. The van der Waals surface area contributed by atoms with Crippen molar-refractivity contribution in [1.82, 2.24) is 5.32 Å². The number of fused-ring (bicyclic) bond motifs is 1. The molecule has 2 aliphatic rings. The molecule has 2 heterocycles. The highest BCUT2D eigenvalue weighted by atomic mass is 79.9. The third-order valence-electron chi connectivity index (χ3n) is 4.90. The van der Waals surface area contributed by atoms with Gasteiger partial charge in [-0.15, -0.1) is 11.8 Å². The number of carbonyl (C=O) groups excluding carboxylic acids is 1. The lowest BCUT2D eigenvalue weighted by molar-refractivity contribution is 0.0921. The number of hydrogen-bond donors (Lipinski definition) is 1. The Bertz CT molecular complexity index is 823. The van der Waals surface area contributed by atoms with Gasteiger partial charge in [0.2, 0.25) is 0 Å². The summed E-state index contributed by atoms with van der Waals surface area (Å²) in [5, 5.41) is 3.20. The Morgan fingerprint density at radius 1 is 1.19 bits per heavy atom. The molecule has 4 nitrogen and oxygen atoms in total. The molecular formula is C21H22BrNO3S. The van der Waals surface area contributed by atoms with E-state index in [0.717, 1.165) is 57.9 Å². The molecule has 0 saturated carbocycles. The van der Waals surface area contributed by atoms with Gasteiger partial charge in [-0.3, -0.25) is 4.79 Å². The van der Waals surface area contributed by atoms with Crippen LogP contribution in [0.2, 0.25) is 0 Å². The maximum absolute atomic E-state index is 13.0. The predicted molar refractivity (Wildman–Crippen MR) is 111 cm³/mol. The van der Waals surface area contributed by atoms with Crippen LogP contribution in [-0.2, 0) is 4.74 Å². The van der Waals surface area contributed by atoms with Gasteiger partial charge in [0.1, 0.15) is 5.75 Å². The van der Waals surface area contributed by atoms with Gasteiger partial charge in [-0.1, -0.05) is 28.1 Å². The number of carbonyl (C=O) groups is 1. The van der Waals surface area contributed by atoms with E-state index in [2.05, 4.69) is 21.2 Å². The number of thioether (sulfide) groups is 1. The van der Waals surface area contributed by atoms with Gasteiger partial charge in [0.05, 0.1) is 24.3 Å². The van der Waals surface area contributed by atoms with Gasteiger partial charge < -0.3 is 14.8 Å². The van der Waals surface area contributed by atoms with Crippen molar-refractivity contribution < 1.29 is 14.3 Å². The van der Waals surface area contributed by atoms with Crippen LogP contribution in [0.25, 0.3) is 0 Å². The molecule has 0 bridgehead atoms. The van der Waals surface area contributed by atoms with E-state index in [-0.39, 0.29) is 11.9 Å². The predicted octanol–water partition coefficient (Wildman–Crippen LogP) is 4.97. The smallest absolute Gasteiger partial charge is 0.252 e. The quantitative estimate of drug-likeness (QED) is 0.656. The summed E-state index contributed by atoms with van der Waals surface area (Å²) in [6, 6.07) is 13.7. The Hall–Kier alpha value is -1.50. The molecule has 2 unspecified atom stereocenters. The number of rotatable bonds is 5. The minimum absolute atomic E-state index is 0.0386. The van der Waals surface area contributed by atoms with Crippen molar-refractivity contribution in [2.24, 2.45) is 0 Å². The minimum Gasteiger partial charge on any atom is -0.493 e. The molecule has 1 saturated heterocycles. The molecule has 1 fully saturated rings. The van der Waals surface area contributed by atoms with Gasteiger partial charge in [0, 0.05) is 33.7 Å². The van der Waals surface area contributed by atoms with E-state index in [0.29, 0.717) is 12.7 Å². The minimum atomic E-state index is -0.0463. The molecule has 0 spiro atoms. The van der Waals surface area contributed by atoms with Crippen molar-refractivity contribution in [2.45, 2.75) is 36.3 Å². The van der Waals surface area contributed by atoms with Crippen LogP contribution in [0.3, 0.4) is 0 Å². The first-order valence-electron chi connectivity index (χ1n) is 9.27. The molecule has 27 heavy (non-hydrogen) atoms. The van der Waals surface area contributed by atoms with Gasteiger partial charge in [-0.2, -0.15) is 0 Å². The molecule has 142 valence electrons. The first kappa shape index (κ1) is 18.8. The summed E-state index contributed by atoms with van der Waals surface area (Å²) in [6.07, 6.45) is 3.30. The molecule has 1 N–H and O–H groups in total. The van der Waals surface area contributed by atoms with Gasteiger partial charge in [-0.25, -0.2) is 0 Å². The maximum atomic E-state index is 13.0. The number of nitrogens with one attached hydrogen (secondary N) is 1. The molecule has 1 amide bonds. The number of amides is 1. The lowest BCUT2D eigenvalue weighted by Gasteiger charge is -2.27. The van der Waals surface area contributed by atoms with E-state index in [4.69, 9.17) is 9.47 Å². The number of halogens is 1. The monoisotopic (exact) mass is 447 g/mol. The second kappa shape index (κ2) is 8.67. The summed E-state index contributed by atoms with van der Waals surface area (Å²) in [5.41, 5.74) is 1.75. The third kappa shape index (κ3) is 4.50. The van der Waals surface area contributed by atoms with Crippen molar-refractivity contribution in [3.8, 4) is 5.75 Å². The highest BCUT2D eigenvalue weighted by molar-refractivity contribution is 9.10. The van der Waals surface area contributed by atoms with Crippen molar-refractivity contribution >= 4 is 33.6 Å². The van der Waals surface area contributed by atoms with Crippen molar-refractivity contribution in [3.63, 3.8) is 0 Å². The van der Waals surface area contributed by atoms with E-state index in [1.165, 1.54) is 0 Å².